The van der Waals surface area contributed by atoms with Crippen molar-refractivity contribution in [1.82, 2.24) is 14.7 Å². The lowest BCUT2D eigenvalue weighted by Crippen LogP contribution is -2.25. The van der Waals surface area contributed by atoms with E-state index >= 15 is 0 Å². The molecule has 1 aliphatic rings. The van der Waals surface area contributed by atoms with Gasteiger partial charge in [-0.2, -0.15) is 5.10 Å². The SMILES string of the molecule is CC(C)N1Cc2cn(C(C)C)nc2C1. The van der Waals surface area contributed by atoms with Crippen LogP contribution in [0.3, 0.4) is 0 Å². The Bertz CT molecular complexity index is 302. The highest BCUT2D eigenvalue weighted by molar-refractivity contribution is 5.21. The molecule has 0 fully saturated rings. The molecule has 0 saturated carbocycles. The van der Waals surface area contributed by atoms with Gasteiger partial charge in [-0.25, -0.2) is 0 Å². The fourth-order valence-corrected chi connectivity index (χ4v) is 1.83. The van der Waals surface area contributed by atoms with E-state index < -0.39 is 0 Å². The van der Waals surface area contributed by atoms with Gasteiger partial charge in [0.15, 0.2) is 0 Å². The van der Waals surface area contributed by atoms with Crippen LogP contribution in [-0.2, 0) is 13.1 Å². The Morgan fingerprint density at radius 2 is 1.86 bits per heavy atom. The predicted molar refractivity (Wildman–Crippen MR) is 57.0 cm³/mol. The predicted octanol–water partition coefficient (Wildman–Crippen LogP) is 2.19. The lowest BCUT2D eigenvalue weighted by molar-refractivity contribution is 0.223. The summed E-state index contributed by atoms with van der Waals surface area (Å²) >= 11 is 0. The van der Waals surface area contributed by atoms with Gasteiger partial charge in [-0.15, -0.1) is 0 Å². The molecule has 0 aromatic carbocycles. The van der Waals surface area contributed by atoms with Gasteiger partial charge in [-0.3, -0.25) is 9.58 Å². The van der Waals surface area contributed by atoms with Crippen LogP contribution in [0.15, 0.2) is 6.20 Å². The maximum absolute atomic E-state index is 4.60. The molecule has 0 bridgehead atoms. The molecule has 0 N–H and O–H groups in total. The summed E-state index contributed by atoms with van der Waals surface area (Å²) in [5, 5.41) is 4.60. The molecule has 3 heteroatoms. The van der Waals surface area contributed by atoms with E-state index in [4.69, 9.17) is 0 Å². The summed E-state index contributed by atoms with van der Waals surface area (Å²) in [4.78, 5) is 2.45. The van der Waals surface area contributed by atoms with Gasteiger partial charge >= 0.3 is 0 Å². The maximum Gasteiger partial charge on any atom is 0.0810 e. The summed E-state index contributed by atoms with van der Waals surface area (Å²) in [5.74, 6) is 0. The molecule has 0 aliphatic carbocycles. The van der Waals surface area contributed by atoms with E-state index in [0.717, 1.165) is 13.1 Å². The second-order valence-electron chi connectivity index (χ2n) is 4.67. The van der Waals surface area contributed by atoms with Crippen LogP contribution in [0.5, 0.6) is 0 Å². The zero-order chi connectivity index (χ0) is 10.3. The van der Waals surface area contributed by atoms with E-state index in [1.54, 1.807) is 0 Å². The zero-order valence-electron chi connectivity index (χ0n) is 9.49. The molecule has 2 rings (SSSR count). The van der Waals surface area contributed by atoms with Gasteiger partial charge in [0, 0.05) is 36.9 Å². The molecule has 1 aliphatic heterocycles. The van der Waals surface area contributed by atoms with Gasteiger partial charge in [0.25, 0.3) is 0 Å². The second kappa shape index (κ2) is 3.39. The highest BCUT2D eigenvalue weighted by Gasteiger charge is 2.24. The average Bonchev–Trinajstić information content (AvgIpc) is 2.57. The summed E-state index contributed by atoms with van der Waals surface area (Å²) in [7, 11) is 0. The van der Waals surface area contributed by atoms with E-state index in [1.807, 2.05) is 0 Å². The Labute approximate surface area is 85.7 Å². The second-order valence-corrected chi connectivity index (χ2v) is 4.67. The van der Waals surface area contributed by atoms with E-state index in [9.17, 15) is 0 Å². The molecular weight excluding hydrogens is 174 g/mol. The molecule has 0 unspecified atom stereocenters. The van der Waals surface area contributed by atoms with Crippen LogP contribution in [0.4, 0.5) is 0 Å². The van der Waals surface area contributed by atoms with Gasteiger partial charge in [-0.1, -0.05) is 0 Å². The van der Waals surface area contributed by atoms with Crippen molar-refractivity contribution in [2.45, 2.75) is 52.9 Å². The molecule has 0 saturated heterocycles. The minimum atomic E-state index is 0.480. The summed E-state index contributed by atoms with van der Waals surface area (Å²) in [5.41, 5.74) is 2.68. The molecule has 78 valence electrons. The Hall–Kier alpha value is -0.830. The summed E-state index contributed by atoms with van der Waals surface area (Å²) in [6.07, 6.45) is 2.20. The smallest absolute Gasteiger partial charge is 0.0810 e. The third-order valence-electron chi connectivity index (χ3n) is 2.88. The van der Waals surface area contributed by atoms with Crippen LogP contribution in [-0.4, -0.2) is 20.7 Å². The first-order chi connectivity index (χ1) is 6.58. The van der Waals surface area contributed by atoms with Crippen LogP contribution in [0.2, 0.25) is 0 Å². The lowest BCUT2D eigenvalue weighted by Gasteiger charge is -2.19. The molecule has 0 spiro atoms. The Morgan fingerprint density at radius 1 is 1.14 bits per heavy atom. The fraction of sp³-hybridized carbons (Fsp3) is 0.727. The monoisotopic (exact) mass is 193 g/mol. The molecule has 14 heavy (non-hydrogen) atoms. The number of aromatic nitrogens is 2. The van der Waals surface area contributed by atoms with Gasteiger partial charge < -0.3 is 0 Å². The van der Waals surface area contributed by atoms with Crippen molar-refractivity contribution >= 4 is 0 Å². The molecular formula is C11H19N3. The van der Waals surface area contributed by atoms with Gasteiger partial charge in [0.2, 0.25) is 0 Å². The highest BCUT2D eigenvalue weighted by atomic mass is 15.3. The van der Waals surface area contributed by atoms with E-state index in [2.05, 4.69) is 48.6 Å². The first-order valence-electron chi connectivity index (χ1n) is 5.39. The number of fused-ring (bicyclic) bond motifs is 1. The fourth-order valence-electron chi connectivity index (χ4n) is 1.83. The van der Waals surface area contributed by atoms with Crippen LogP contribution >= 0.6 is 0 Å². The minimum absolute atomic E-state index is 0.480. The number of rotatable bonds is 2. The zero-order valence-corrected chi connectivity index (χ0v) is 9.49. The largest absolute Gasteiger partial charge is 0.291 e. The molecule has 0 atom stereocenters. The standard InChI is InChI=1S/C11H19N3/c1-8(2)13-5-10-6-14(9(3)4)12-11(10)7-13/h6,8-9H,5,7H2,1-4H3. The molecule has 1 aromatic heterocycles. The summed E-state index contributed by atoms with van der Waals surface area (Å²) in [6, 6.07) is 1.10. The van der Waals surface area contributed by atoms with E-state index in [1.165, 1.54) is 11.3 Å². The van der Waals surface area contributed by atoms with Crippen molar-refractivity contribution in [2.75, 3.05) is 0 Å². The van der Waals surface area contributed by atoms with Crippen molar-refractivity contribution in [3.63, 3.8) is 0 Å². The summed E-state index contributed by atoms with van der Waals surface area (Å²) < 4.78 is 2.07. The molecule has 1 aromatic rings. The van der Waals surface area contributed by atoms with Crippen molar-refractivity contribution in [2.24, 2.45) is 0 Å². The Morgan fingerprint density at radius 3 is 2.36 bits per heavy atom. The third-order valence-corrected chi connectivity index (χ3v) is 2.88. The van der Waals surface area contributed by atoms with Crippen molar-refractivity contribution in [1.29, 1.82) is 0 Å². The Kier molecular flexibility index (Phi) is 2.35. The van der Waals surface area contributed by atoms with Gasteiger partial charge in [0.1, 0.15) is 0 Å². The average molecular weight is 193 g/mol. The van der Waals surface area contributed by atoms with Crippen LogP contribution in [0.1, 0.15) is 45.0 Å². The lowest BCUT2D eigenvalue weighted by atomic mass is 10.3. The van der Waals surface area contributed by atoms with Crippen LogP contribution in [0.25, 0.3) is 0 Å². The number of hydrogen-bond donors (Lipinski definition) is 0. The molecule has 0 radical (unpaired) electrons. The maximum atomic E-state index is 4.60. The quantitative estimate of drug-likeness (QED) is 0.718. The van der Waals surface area contributed by atoms with Crippen LogP contribution < -0.4 is 0 Å². The third kappa shape index (κ3) is 1.57. The molecule has 3 nitrogen and oxygen atoms in total. The van der Waals surface area contributed by atoms with E-state index in [-0.39, 0.29) is 0 Å². The van der Waals surface area contributed by atoms with Gasteiger partial charge in [-0.05, 0) is 27.7 Å². The normalized spacial score (nSPS) is 17.0. The van der Waals surface area contributed by atoms with Crippen molar-refractivity contribution in [3.05, 3.63) is 17.5 Å². The summed E-state index contributed by atoms with van der Waals surface area (Å²) in [6.45, 7) is 10.9. The highest BCUT2D eigenvalue weighted by Crippen LogP contribution is 2.24. The van der Waals surface area contributed by atoms with Gasteiger partial charge in [0.05, 0.1) is 5.69 Å². The molecule has 2 heterocycles. The van der Waals surface area contributed by atoms with Crippen molar-refractivity contribution < 1.29 is 0 Å². The first kappa shape index (κ1) is 9.71. The van der Waals surface area contributed by atoms with E-state index in [0.29, 0.717) is 12.1 Å². The van der Waals surface area contributed by atoms with Crippen molar-refractivity contribution in [3.8, 4) is 0 Å². The van der Waals surface area contributed by atoms with Crippen LogP contribution in [0, 0.1) is 0 Å². The minimum Gasteiger partial charge on any atom is -0.291 e. The molecule has 0 amide bonds. The Balaban J connectivity index is 2.16. The first-order valence-corrected chi connectivity index (χ1v) is 5.39. The number of hydrogen-bond acceptors (Lipinski definition) is 2. The topological polar surface area (TPSA) is 21.1 Å². The number of nitrogens with zero attached hydrogens (tertiary/aromatic N) is 3.